The standard InChI is InChI=1S/C18H22ClNO/c1-13(2)12-21-18-6-4-5-17(10-18)20-11-15-7-8-16(19)9-14(15)3/h4-10,13,20H,11-12H2,1-3H3. The Kier molecular flexibility index (Phi) is 5.51. The van der Waals surface area contributed by atoms with Crippen LogP contribution in [-0.2, 0) is 6.54 Å². The summed E-state index contributed by atoms with van der Waals surface area (Å²) >= 11 is 5.98. The van der Waals surface area contributed by atoms with Crippen LogP contribution in [0.3, 0.4) is 0 Å². The summed E-state index contributed by atoms with van der Waals surface area (Å²) in [5.41, 5.74) is 3.50. The number of ether oxygens (including phenoxy) is 1. The Morgan fingerprint density at radius 3 is 2.67 bits per heavy atom. The minimum absolute atomic E-state index is 0.526. The van der Waals surface area contributed by atoms with Gasteiger partial charge in [-0.1, -0.05) is 37.6 Å². The van der Waals surface area contributed by atoms with Gasteiger partial charge in [0, 0.05) is 23.3 Å². The lowest BCUT2D eigenvalue weighted by Gasteiger charge is -2.12. The predicted octanol–water partition coefficient (Wildman–Crippen LogP) is 5.30. The largest absolute Gasteiger partial charge is 0.493 e. The van der Waals surface area contributed by atoms with Crippen LogP contribution in [0.5, 0.6) is 5.75 Å². The van der Waals surface area contributed by atoms with Crippen LogP contribution in [0.1, 0.15) is 25.0 Å². The molecule has 0 atom stereocenters. The molecule has 0 bridgehead atoms. The highest BCUT2D eigenvalue weighted by Crippen LogP contribution is 2.20. The highest BCUT2D eigenvalue weighted by Gasteiger charge is 2.02. The smallest absolute Gasteiger partial charge is 0.121 e. The first kappa shape index (κ1) is 15.7. The maximum absolute atomic E-state index is 5.98. The highest BCUT2D eigenvalue weighted by atomic mass is 35.5. The summed E-state index contributed by atoms with van der Waals surface area (Å²) in [6.07, 6.45) is 0. The minimum Gasteiger partial charge on any atom is -0.493 e. The van der Waals surface area contributed by atoms with Crippen molar-refractivity contribution in [3.63, 3.8) is 0 Å². The number of nitrogens with one attached hydrogen (secondary N) is 1. The van der Waals surface area contributed by atoms with E-state index in [0.717, 1.165) is 29.6 Å². The number of anilines is 1. The summed E-state index contributed by atoms with van der Waals surface area (Å²) in [7, 11) is 0. The number of rotatable bonds is 6. The van der Waals surface area contributed by atoms with Gasteiger partial charge in [-0.15, -0.1) is 0 Å². The summed E-state index contributed by atoms with van der Waals surface area (Å²) in [5.74, 6) is 1.43. The first-order valence-corrected chi connectivity index (χ1v) is 7.64. The SMILES string of the molecule is Cc1cc(Cl)ccc1CNc1cccc(OCC(C)C)c1. The molecule has 2 nitrogen and oxygen atoms in total. The Balaban J connectivity index is 1.98. The van der Waals surface area contributed by atoms with Gasteiger partial charge in [0.05, 0.1) is 6.61 Å². The van der Waals surface area contributed by atoms with Gasteiger partial charge in [-0.05, 0) is 48.2 Å². The van der Waals surface area contributed by atoms with Crippen LogP contribution >= 0.6 is 11.6 Å². The lowest BCUT2D eigenvalue weighted by Crippen LogP contribution is -2.05. The lowest BCUT2D eigenvalue weighted by molar-refractivity contribution is 0.271. The van der Waals surface area contributed by atoms with Crippen molar-refractivity contribution in [1.82, 2.24) is 0 Å². The molecular weight excluding hydrogens is 282 g/mol. The van der Waals surface area contributed by atoms with Crippen LogP contribution in [-0.4, -0.2) is 6.61 Å². The van der Waals surface area contributed by atoms with E-state index in [9.17, 15) is 0 Å². The molecule has 21 heavy (non-hydrogen) atoms. The predicted molar refractivity (Wildman–Crippen MR) is 90.3 cm³/mol. The van der Waals surface area contributed by atoms with Crippen molar-refractivity contribution in [2.24, 2.45) is 5.92 Å². The van der Waals surface area contributed by atoms with Crippen molar-refractivity contribution < 1.29 is 4.74 Å². The van der Waals surface area contributed by atoms with E-state index in [1.807, 2.05) is 36.4 Å². The molecule has 2 rings (SSSR count). The van der Waals surface area contributed by atoms with Crippen LogP contribution in [0.25, 0.3) is 0 Å². The van der Waals surface area contributed by atoms with E-state index in [4.69, 9.17) is 16.3 Å². The molecule has 0 aliphatic rings. The fourth-order valence-electron chi connectivity index (χ4n) is 2.01. The van der Waals surface area contributed by atoms with E-state index in [1.165, 1.54) is 11.1 Å². The second kappa shape index (κ2) is 7.37. The summed E-state index contributed by atoms with van der Waals surface area (Å²) in [4.78, 5) is 0. The molecule has 0 amide bonds. The molecule has 0 saturated carbocycles. The van der Waals surface area contributed by atoms with Crippen LogP contribution in [0.2, 0.25) is 5.02 Å². The van der Waals surface area contributed by atoms with Gasteiger partial charge in [0.1, 0.15) is 5.75 Å². The van der Waals surface area contributed by atoms with Crippen LogP contribution in [0.4, 0.5) is 5.69 Å². The third-order valence-corrected chi connectivity index (χ3v) is 3.44. The van der Waals surface area contributed by atoms with Gasteiger partial charge in [0.25, 0.3) is 0 Å². The van der Waals surface area contributed by atoms with Crippen molar-refractivity contribution in [2.75, 3.05) is 11.9 Å². The van der Waals surface area contributed by atoms with Gasteiger partial charge in [-0.2, -0.15) is 0 Å². The third-order valence-electron chi connectivity index (χ3n) is 3.20. The molecule has 2 aromatic carbocycles. The Bertz CT molecular complexity index is 596. The van der Waals surface area contributed by atoms with Gasteiger partial charge in [0.15, 0.2) is 0 Å². The topological polar surface area (TPSA) is 21.3 Å². The summed E-state index contributed by atoms with van der Waals surface area (Å²) in [6, 6.07) is 14.0. The second-order valence-electron chi connectivity index (χ2n) is 5.66. The van der Waals surface area contributed by atoms with E-state index in [0.29, 0.717) is 5.92 Å². The van der Waals surface area contributed by atoms with E-state index < -0.39 is 0 Å². The molecule has 0 aromatic heterocycles. The molecule has 0 aliphatic heterocycles. The summed E-state index contributed by atoms with van der Waals surface area (Å²) < 4.78 is 5.74. The van der Waals surface area contributed by atoms with Crippen LogP contribution in [0, 0.1) is 12.8 Å². The van der Waals surface area contributed by atoms with E-state index in [2.05, 4.69) is 32.2 Å². The molecule has 2 aromatic rings. The number of hydrogen-bond donors (Lipinski definition) is 1. The molecular formula is C18H22ClNO. The van der Waals surface area contributed by atoms with Crippen LogP contribution < -0.4 is 10.1 Å². The molecule has 0 heterocycles. The van der Waals surface area contributed by atoms with E-state index in [-0.39, 0.29) is 0 Å². The number of halogens is 1. The van der Waals surface area contributed by atoms with Crippen molar-refractivity contribution in [2.45, 2.75) is 27.3 Å². The van der Waals surface area contributed by atoms with Crippen molar-refractivity contribution in [1.29, 1.82) is 0 Å². The zero-order valence-electron chi connectivity index (χ0n) is 12.8. The van der Waals surface area contributed by atoms with Gasteiger partial charge >= 0.3 is 0 Å². The number of benzene rings is 2. The number of aryl methyl sites for hydroxylation is 1. The molecule has 112 valence electrons. The zero-order chi connectivity index (χ0) is 15.2. The average Bonchev–Trinajstić information content (AvgIpc) is 2.45. The second-order valence-corrected chi connectivity index (χ2v) is 6.09. The number of hydrogen-bond acceptors (Lipinski definition) is 2. The highest BCUT2D eigenvalue weighted by molar-refractivity contribution is 6.30. The molecule has 0 fully saturated rings. The zero-order valence-corrected chi connectivity index (χ0v) is 13.6. The molecule has 3 heteroatoms. The normalized spacial score (nSPS) is 10.7. The summed E-state index contributed by atoms with van der Waals surface area (Å²) in [5, 5.41) is 4.20. The molecule has 0 saturated heterocycles. The lowest BCUT2D eigenvalue weighted by atomic mass is 10.1. The van der Waals surface area contributed by atoms with Crippen molar-refractivity contribution >= 4 is 17.3 Å². The van der Waals surface area contributed by atoms with E-state index in [1.54, 1.807) is 0 Å². The van der Waals surface area contributed by atoms with Crippen molar-refractivity contribution in [3.8, 4) is 5.75 Å². The summed E-state index contributed by atoms with van der Waals surface area (Å²) in [6.45, 7) is 7.87. The third kappa shape index (κ3) is 4.98. The van der Waals surface area contributed by atoms with Gasteiger partial charge in [0.2, 0.25) is 0 Å². The molecule has 0 spiro atoms. The molecule has 0 radical (unpaired) electrons. The molecule has 1 N–H and O–H groups in total. The van der Waals surface area contributed by atoms with Gasteiger partial charge in [-0.3, -0.25) is 0 Å². The fourth-order valence-corrected chi connectivity index (χ4v) is 2.24. The van der Waals surface area contributed by atoms with Gasteiger partial charge in [-0.25, -0.2) is 0 Å². The minimum atomic E-state index is 0.526. The Morgan fingerprint density at radius 1 is 1.14 bits per heavy atom. The van der Waals surface area contributed by atoms with Crippen LogP contribution in [0.15, 0.2) is 42.5 Å². The van der Waals surface area contributed by atoms with E-state index >= 15 is 0 Å². The maximum atomic E-state index is 5.98. The fraction of sp³-hybridized carbons (Fsp3) is 0.333. The quantitative estimate of drug-likeness (QED) is 0.782. The Labute approximate surface area is 132 Å². The first-order valence-electron chi connectivity index (χ1n) is 7.26. The van der Waals surface area contributed by atoms with Gasteiger partial charge < -0.3 is 10.1 Å². The molecule has 0 unspecified atom stereocenters. The Morgan fingerprint density at radius 2 is 1.95 bits per heavy atom. The Hall–Kier alpha value is -1.67. The molecule has 0 aliphatic carbocycles. The monoisotopic (exact) mass is 303 g/mol. The maximum Gasteiger partial charge on any atom is 0.121 e. The first-order chi connectivity index (χ1) is 10.0. The average molecular weight is 304 g/mol. The van der Waals surface area contributed by atoms with Crippen molar-refractivity contribution in [3.05, 3.63) is 58.6 Å².